The van der Waals surface area contributed by atoms with E-state index in [2.05, 4.69) is 4.98 Å². The van der Waals surface area contributed by atoms with E-state index in [0.717, 1.165) is 13.2 Å². The molecule has 0 saturated carbocycles. The molecule has 3 unspecified atom stereocenters. The zero-order valence-corrected chi connectivity index (χ0v) is 15.9. The third-order valence-electron chi connectivity index (χ3n) is 4.03. The van der Waals surface area contributed by atoms with Crippen molar-refractivity contribution < 1.29 is 49.4 Å². The van der Waals surface area contributed by atoms with Crippen LogP contribution >= 0.6 is 11.3 Å². The minimum Gasteiger partial charge on any atom is -0.387 e. The zero-order valence-electron chi connectivity index (χ0n) is 15.1. The molecule has 170 valence electrons. The number of nitriles is 1. The average Bonchev–Trinajstić information content (AvgIpc) is 3.14. The van der Waals surface area contributed by atoms with Crippen LogP contribution in [0, 0.1) is 17.2 Å². The van der Waals surface area contributed by atoms with Crippen LogP contribution in [0.25, 0.3) is 0 Å². The number of hydrogen-bond donors (Lipinski definition) is 1. The molecule has 0 bridgehead atoms. The minimum atomic E-state index is -5.30. The van der Waals surface area contributed by atoms with E-state index >= 15 is 0 Å². The number of pyridine rings is 1. The maximum absolute atomic E-state index is 13.0. The van der Waals surface area contributed by atoms with Crippen molar-refractivity contribution >= 4 is 11.3 Å². The van der Waals surface area contributed by atoms with E-state index < -0.39 is 58.5 Å². The number of aliphatic hydroxyl groups excluding tert-OH is 1. The summed E-state index contributed by atoms with van der Waals surface area (Å²) >= 11 is 0.159. The SMILES string of the molecule is COC(c1ccc(C(F)(F)F)s1)C(C#N)C(O)c1cc(C(F)(F)F)nc(C(F)(F)F)c1. The molecule has 31 heavy (non-hydrogen) atoms. The van der Waals surface area contributed by atoms with E-state index in [1.807, 2.05) is 0 Å². The molecule has 0 aliphatic heterocycles. The van der Waals surface area contributed by atoms with Gasteiger partial charge in [0.15, 0.2) is 0 Å². The first kappa shape index (κ1) is 24.9. The van der Waals surface area contributed by atoms with Crippen LogP contribution in [0.1, 0.15) is 38.9 Å². The van der Waals surface area contributed by atoms with Crippen LogP contribution in [0.3, 0.4) is 0 Å². The van der Waals surface area contributed by atoms with Gasteiger partial charge in [-0.3, -0.25) is 0 Å². The third-order valence-corrected chi connectivity index (χ3v) is 5.22. The van der Waals surface area contributed by atoms with Gasteiger partial charge in [0.1, 0.15) is 28.3 Å². The van der Waals surface area contributed by atoms with Gasteiger partial charge in [0.25, 0.3) is 0 Å². The van der Waals surface area contributed by atoms with Gasteiger partial charge in [0, 0.05) is 12.0 Å². The molecule has 0 aliphatic carbocycles. The van der Waals surface area contributed by atoms with Crippen molar-refractivity contribution in [3.05, 3.63) is 51.0 Å². The van der Waals surface area contributed by atoms with Gasteiger partial charge < -0.3 is 9.84 Å². The van der Waals surface area contributed by atoms with Crippen molar-refractivity contribution in [1.29, 1.82) is 5.26 Å². The number of nitrogens with zero attached hydrogens (tertiary/aromatic N) is 2. The number of hydrogen-bond acceptors (Lipinski definition) is 5. The Hall–Kier alpha value is -2.37. The van der Waals surface area contributed by atoms with Crippen molar-refractivity contribution in [2.75, 3.05) is 7.11 Å². The van der Waals surface area contributed by atoms with Crippen LogP contribution in [-0.4, -0.2) is 17.2 Å². The molecule has 2 aromatic heterocycles. The lowest BCUT2D eigenvalue weighted by atomic mass is 9.90. The molecule has 0 aromatic carbocycles. The summed E-state index contributed by atoms with van der Waals surface area (Å²) in [5.41, 5.74) is -4.87. The number of aliphatic hydroxyl groups is 1. The molecular formula is C17H11F9N2O2S. The predicted molar refractivity (Wildman–Crippen MR) is 87.4 cm³/mol. The fourth-order valence-corrected chi connectivity index (χ4v) is 3.62. The first-order valence-corrected chi connectivity index (χ1v) is 8.85. The van der Waals surface area contributed by atoms with Gasteiger partial charge in [-0.25, -0.2) is 4.98 Å². The quantitative estimate of drug-likeness (QED) is 0.555. The number of ether oxygens (including phenoxy) is 1. The summed E-state index contributed by atoms with van der Waals surface area (Å²) in [4.78, 5) is 1.22. The van der Waals surface area contributed by atoms with Gasteiger partial charge in [-0.2, -0.15) is 44.8 Å². The molecule has 14 heteroatoms. The molecule has 0 fully saturated rings. The van der Waals surface area contributed by atoms with Gasteiger partial charge >= 0.3 is 18.5 Å². The molecular weight excluding hydrogens is 467 g/mol. The number of rotatable bonds is 5. The lowest BCUT2D eigenvalue weighted by Crippen LogP contribution is -2.22. The molecule has 1 N–H and O–H groups in total. The molecule has 3 atom stereocenters. The normalized spacial score (nSPS) is 15.9. The van der Waals surface area contributed by atoms with Crippen molar-refractivity contribution in [3.8, 4) is 6.07 Å². The summed E-state index contributed by atoms with van der Waals surface area (Å²) in [6.45, 7) is 0. The molecule has 2 heterocycles. The second-order valence-corrected chi connectivity index (χ2v) is 7.24. The first-order valence-electron chi connectivity index (χ1n) is 8.03. The van der Waals surface area contributed by atoms with E-state index in [9.17, 15) is 49.9 Å². The van der Waals surface area contributed by atoms with Crippen molar-refractivity contribution in [3.63, 3.8) is 0 Å². The van der Waals surface area contributed by atoms with Crippen LogP contribution in [-0.2, 0) is 23.3 Å². The summed E-state index contributed by atoms with van der Waals surface area (Å²) in [6.07, 6.45) is -19.2. The van der Waals surface area contributed by atoms with Gasteiger partial charge in [0.2, 0.25) is 0 Å². The highest BCUT2D eigenvalue weighted by Gasteiger charge is 2.41. The van der Waals surface area contributed by atoms with Crippen LogP contribution in [0.5, 0.6) is 0 Å². The highest BCUT2D eigenvalue weighted by atomic mass is 32.1. The lowest BCUT2D eigenvalue weighted by Gasteiger charge is -2.25. The maximum atomic E-state index is 13.0. The number of halogens is 9. The van der Waals surface area contributed by atoms with Crippen LogP contribution in [0.2, 0.25) is 0 Å². The van der Waals surface area contributed by atoms with E-state index in [1.165, 1.54) is 6.07 Å². The Kier molecular flexibility index (Phi) is 6.94. The van der Waals surface area contributed by atoms with E-state index in [1.54, 1.807) is 0 Å². The smallest absolute Gasteiger partial charge is 0.387 e. The highest BCUT2D eigenvalue weighted by Crippen LogP contribution is 2.43. The Morgan fingerprint density at radius 1 is 0.968 bits per heavy atom. The number of thiophene rings is 1. The lowest BCUT2D eigenvalue weighted by molar-refractivity contribution is -0.150. The van der Waals surface area contributed by atoms with Gasteiger partial charge in [-0.05, 0) is 29.8 Å². The Balaban J connectivity index is 2.52. The summed E-state index contributed by atoms with van der Waals surface area (Å²) in [6, 6.07) is 3.35. The van der Waals surface area contributed by atoms with Crippen molar-refractivity contribution in [1.82, 2.24) is 4.98 Å². The molecule has 2 rings (SSSR count). The molecule has 0 spiro atoms. The largest absolute Gasteiger partial charge is 0.433 e. The fraction of sp³-hybridized carbons (Fsp3) is 0.412. The molecule has 0 amide bonds. The van der Waals surface area contributed by atoms with E-state index in [4.69, 9.17) is 4.74 Å². The van der Waals surface area contributed by atoms with E-state index in [-0.39, 0.29) is 28.3 Å². The second-order valence-electron chi connectivity index (χ2n) is 6.12. The maximum Gasteiger partial charge on any atom is 0.433 e. The van der Waals surface area contributed by atoms with Crippen molar-refractivity contribution in [2.24, 2.45) is 5.92 Å². The van der Waals surface area contributed by atoms with Gasteiger partial charge in [-0.15, -0.1) is 11.3 Å². The van der Waals surface area contributed by atoms with Gasteiger partial charge in [-0.1, -0.05) is 0 Å². The Morgan fingerprint density at radius 3 is 1.84 bits per heavy atom. The number of methoxy groups -OCH3 is 1. The first-order chi connectivity index (χ1) is 14.1. The predicted octanol–water partition coefficient (Wildman–Crippen LogP) is 5.76. The standard InChI is InChI=1S/C17H11F9N2O2S/c1-30-14(9-2-3-12(31-9)17(24,25)26)8(6-27)13(29)7-4-10(15(18,19)20)28-11(5-7)16(21,22)23/h2-5,8,13-14,29H,1H3. The number of alkyl halides is 9. The summed E-state index contributed by atoms with van der Waals surface area (Å²) in [7, 11) is 0.962. The summed E-state index contributed by atoms with van der Waals surface area (Å²) < 4.78 is 121. The number of aromatic nitrogens is 1. The van der Waals surface area contributed by atoms with Crippen LogP contribution in [0.15, 0.2) is 24.3 Å². The highest BCUT2D eigenvalue weighted by molar-refractivity contribution is 7.12. The molecule has 2 aromatic rings. The fourth-order valence-electron chi connectivity index (χ4n) is 2.62. The Morgan fingerprint density at radius 2 is 1.48 bits per heavy atom. The Bertz CT molecular complexity index is 928. The Labute approximate surface area is 172 Å². The van der Waals surface area contributed by atoms with E-state index in [0.29, 0.717) is 6.07 Å². The molecule has 4 nitrogen and oxygen atoms in total. The topological polar surface area (TPSA) is 66.1 Å². The monoisotopic (exact) mass is 478 g/mol. The minimum absolute atomic E-state index is 0.131. The molecule has 0 radical (unpaired) electrons. The van der Waals surface area contributed by atoms with Crippen LogP contribution < -0.4 is 0 Å². The third kappa shape index (κ3) is 5.66. The van der Waals surface area contributed by atoms with Crippen molar-refractivity contribution in [2.45, 2.75) is 30.7 Å². The second kappa shape index (κ2) is 8.64. The molecule has 0 aliphatic rings. The summed E-state index contributed by atoms with van der Waals surface area (Å²) in [5, 5.41) is 19.8. The van der Waals surface area contributed by atoms with Crippen LogP contribution in [0.4, 0.5) is 39.5 Å². The summed E-state index contributed by atoms with van der Waals surface area (Å²) in [5.74, 6) is -1.84. The zero-order chi connectivity index (χ0) is 23.8. The van der Waals surface area contributed by atoms with Gasteiger partial charge in [0.05, 0.1) is 12.2 Å². The average molecular weight is 478 g/mol. The molecule has 0 saturated heterocycles.